The van der Waals surface area contributed by atoms with E-state index in [1.807, 2.05) is 31.2 Å². The van der Waals surface area contributed by atoms with Crippen LogP contribution in [0.25, 0.3) is 0 Å². The van der Waals surface area contributed by atoms with Gasteiger partial charge in [0, 0.05) is 21.4 Å². The third-order valence-corrected chi connectivity index (χ3v) is 3.23. The largest absolute Gasteiger partial charge is 0.322 e. The highest BCUT2D eigenvalue weighted by atomic mass is 79.9. The number of hydrogen-bond acceptors (Lipinski definition) is 4. The number of hydrazine groups is 1. The zero-order valence-electron chi connectivity index (χ0n) is 11.0. The Bertz CT molecular complexity index is 608. The van der Waals surface area contributed by atoms with Crippen molar-refractivity contribution in [2.45, 2.75) is 13.3 Å². The molecule has 0 radical (unpaired) electrons. The van der Waals surface area contributed by atoms with Gasteiger partial charge in [-0.05, 0) is 36.8 Å². The predicted octanol–water partition coefficient (Wildman–Crippen LogP) is 2.94. The number of nitrogens with one attached hydrogen (secondary N) is 2. The lowest BCUT2D eigenvalue weighted by atomic mass is 10.1. The summed E-state index contributed by atoms with van der Waals surface area (Å²) < 4.78 is 0.906. The average molecular weight is 335 g/mol. The third-order valence-electron chi connectivity index (χ3n) is 2.73. The lowest BCUT2D eigenvalue weighted by Gasteiger charge is -2.09. The predicted molar refractivity (Wildman–Crippen MR) is 83.5 cm³/mol. The van der Waals surface area contributed by atoms with E-state index in [0.29, 0.717) is 11.4 Å². The topological polar surface area (TPSA) is 80.0 Å². The summed E-state index contributed by atoms with van der Waals surface area (Å²) >= 11 is 3.37. The molecule has 0 unspecified atom stereocenters. The normalized spacial score (nSPS) is 10.2. The molecule has 5 nitrogen and oxygen atoms in total. The Labute approximate surface area is 125 Å². The smallest absolute Gasteiger partial charge is 0.255 e. The molecule has 0 atom stereocenters. The van der Waals surface area contributed by atoms with Crippen LogP contribution in [0.15, 0.2) is 40.9 Å². The molecule has 0 aliphatic rings. The van der Waals surface area contributed by atoms with Crippen molar-refractivity contribution < 1.29 is 4.79 Å². The van der Waals surface area contributed by atoms with Gasteiger partial charge in [-0.2, -0.15) is 0 Å². The molecule has 1 aromatic heterocycles. The van der Waals surface area contributed by atoms with Crippen LogP contribution in [-0.4, -0.2) is 10.9 Å². The number of amides is 1. The summed E-state index contributed by atoms with van der Waals surface area (Å²) in [6.45, 7) is 1.97. The number of aromatic nitrogens is 1. The molecule has 0 bridgehead atoms. The number of halogens is 1. The molecule has 0 aliphatic heterocycles. The fraction of sp³-hybridized carbons (Fsp3) is 0.143. The van der Waals surface area contributed by atoms with Gasteiger partial charge in [-0.15, -0.1) is 0 Å². The molecule has 1 aromatic carbocycles. The van der Waals surface area contributed by atoms with Crippen molar-refractivity contribution in [1.29, 1.82) is 0 Å². The SMILES string of the molecule is CCc1cc(C(=O)Nc2cccc(Br)c2)cc(NN)n1. The van der Waals surface area contributed by atoms with Crippen molar-refractivity contribution in [1.82, 2.24) is 4.98 Å². The van der Waals surface area contributed by atoms with Gasteiger partial charge in [0.2, 0.25) is 0 Å². The average Bonchev–Trinajstić information content (AvgIpc) is 2.46. The van der Waals surface area contributed by atoms with Gasteiger partial charge >= 0.3 is 0 Å². The molecule has 6 heteroatoms. The Hall–Kier alpha value is -1.92. The number of aryl methyl sites for hydroxylation is 1. The van der Waals surface area contributed by atoms with Crippen molar-refractivity contribution in [2.75, 3.05) is 10.7 Å². The van der Waals surface area contributed by atoms with Crippen molar-refractivity contribution >= 4 is 33.3 Å². The summed E-state index contributed by atoms with van der Waals surface area (Å²) in [5.41, 5.74) is 4.52. The summed E-state index contributed by atoms with van der Waals surface area (Å²) in [5, 5.41) is 2.84. The first-order valence-electron chi connectivity index (χ1n) is 6.17. The van der Waals surface area contributed by atoms with Crippen molar-refractivity contribution in [3.8, 4) is 0 Å². The first-order chi connectivity index (χ1) is 9.62. The van der Waals surface area contributed by atoms with E-state index in [4.69, 9.17) is 5.84 Å². The van der Waals surface area contributed by atoms with E-state index in [1.165, 1.54) is 0 Å². The van der Waals surface area contributed by atoms with Crippen LogP contribution in [0.5, 0.6) is 0 Å². The molecule has 20 heavy (non-hydrogen) atoms. The first-order valence-corrected chi connectivity index (χ1v) is 6.96. The van der Waals surface area contributed by atoms with Crippen LogP contribution < -0.4 is 16.6 Å². The minimum atomic E-state index is -0.197. The second-order valence-corrected chi connectivity index (χ2v) is 5.11. The molecule has 4 N–H and O–H groups in total. The second-order valence-electron chi connectivity index (χ2n) is 4.19. The lowest BCUT2D eigenvalue weighted by molar-refractivity contribution is 0.102. The maximum atomic E-state index is 12.2. The fourth-order valence-corrected chi connectivity index (χ4v) is 2.14. The number of hydrogen-bond donors (Lipinski definition) is 3. The molecule has 1 heterocycles. The van der Waals surface area contributed by atoms with E-state index in [9.17, 15) is 4.79 Å². The molecular formula is C14H15BrN4O. The van der Waals surface area contributed by atoms with Crippen molar-refractivity contribution in [3.63, 3.8) is 0 Å². The quantitative estimate of drug-likeness (QED) is 0.593. The minimum Gasteiger partial charge on any atom is -0.322 e. The van der Waals surface area contributed by atoms with Crippen LogP contribution in [0.1, 0.15) is 23.0 Å². The first kappa shape index (κ1) is 14.5. The molecule has 1 amide bonds. The van der Waals surface area contributed by atoms with E-state index in [0.717, 1.165) is 22.3 Å². The molecule has 0 aliphatic carbocycles. The van der Waals surface area contributed by atoms with Gasteiger partial charge in [0.05, 0.1) is 0 Å². The maximum absolute atomic E-state index is 12.2. The van der Waals surface area contributed by atoms with Crippen LogP contribution >= 0.6 is 15.9 Å². The minimum absolute atomic E-state index is 0.197. The fourth-order valence-electron chi connectivity index (χ4n) is 1.74. The van der Waals surface area contributed by atoms with E-state index in [2.05, 4.69) is 31.7 Å². The number of benzene rings is 1. The molecule has 0 spiro atoms. The van der Waals surface area contributed by atoms with Crippen LogP contribution in [0, 0.1) is 0 Å². The number of pyridine rings is 1. The van der Waals surface area contributed by atoms with Gasteiger partial charge in [0.15, 0.2) is 0 Å². The number of nitrogen functional groups attached to an aromatic ring is 1. The van der Waals surface area contributed by atoms with E-state index < -0.39 is 0 Å². The highest BCUT2D eigenvalue weighted by Gasteiger charge is 2.09. The summed E-state index contributed by atoms with van der Waals surface area (Å²) in [6, 6.07) is 10.8. The van der Waals surface area contributed by atoms with Gasteiger partial charge in [-0.1, -0.05) is 28.9 Å². The Morgan fingerprint density at radius 1 is 1.35 bits per heavy atom. The molecule has 104 valence electrons. The van der Waals surface area contributed by atoms with Crippen LogP contribution in [0.4, 0.5) is 11.5 Å². The zero-order valence-corrected chi connectivity index (χ0v) is 12.6. The lowest BCUT2D eigenvalue weighted by Crippen LogP contribution is -2.15. The third kappa shape index (κ3) is 3.55. The molecule has 2 aromatic rings. The van der Waals surface area contributed by atoms with E-state index >= 15 is 0 Å². The highest BCUT2D eigenvalue weighted by molar-refractivity contribution is 9.10. The zero-order chi connectivity index (χ0) is 14.5. The Balaban J connectivity index is 2.24. The Morgan fingerprint density at radius 3 is 2.80 bits per heavy atom. The van der Waals surface area contributed by atoms with Gasteiger partial charge in [-0.3, -0.25) is 4.79 Å². The Morgan fingerprint density at radius 2 is 2.15 bits per heavy atom. The van der Waals surface area contributed by atoms with Crippen LogP contribution in [0.3, 0.4) is 0 Å². The maximum Gasteiger partial charge on any atom is 0.255 e. The standard InChI is InChI=1S/C14H15BrN4O/c1-2-11-6-9(7-13(17-11)19-16)14(20)18-12-5-3-4-10(15)8-12/h3-8H,2,16H2,1H3,(H,17,19)(H,18,20). The highest BCUT2D eigenvalue weighted by Crippen LogP contribution is 2.17. The van der Waals surface area contributed by atoms with Crippen LogP contribution in [0.2, 0.25) is 0 Å². The molecule has 2 rings (SSSR count). The van der Waals surface area contributed by atoms with Crippen LogP contribution in [-0.2, 0) is 6.42 Å². The van der Waals surface area contributed by atoms with Gasteiger partial charge < -0.3 is 10.7 Å². The number of nitrogens with zero attached hydrogens (tertiary/aromatic N) is 1. The number of nitrogens with two attached hydrogens (primary N) is 1. The van der Waals surface area contributed by atoms with Gasteiger partial charge in [0.25, 0.3) is 5.91 Å². The van der Waals surface area contributed by atoms with Crippen molar-refractivity contribution in [2.24, 2.45) is 5.84 Å². The number of rotatable bonds is 4. The summed E-state index contributed by atoms with van der Waals surface area (Å²) in [7, 11) is 0. The van der Waals surface area contributed by atoms with E-state index in [1.54, 1.807) is 12.1 Å². The second kappa shape index (κ2) is 6.49. The molecule has 0 saturated carbocycles. The van der Waals surface area contributed by atoms with Crippen molar-refractivity contribution in [3.05, 3.63) is 52.1 Å². The number of anilines is 2. The summed E-state index contributed by atoms with van der Waals surface area (Å²) in [6.07, 6.45) is 0.729. The Kier molecular flexibility index (Phi) is 4.70. The summed E-state index contributed by atoms with van der Waals surface area (Å²) in [5.74, 6) is 5.64. The monoisotopic (exact) mass is 334 g/mol. The summed E-state index contributed by atoms with van der Waals surface area (Å²) in [4.78, 5) is 16.5. The molecule has 0 fully saturated rings. The number of carbonyl (C=O) groups excluding carboxylic acids is 1. The number of carbonyl (C=O) groups is 1. The van der Waals surface area contributed by atoms with Gasteiger partial charge in [-0.25, -0.2) is 10.8 Å². The molecular weight excluding hydrogens is 320 g/mol. The molecule has 0 saturated heterocycles. The van der Waals surface area contributed by atoms with Gasteiger partial charge in [0.1, 0.15) is 5.82 Å². The van der Waals surface area contributed by atoms with E-state index in [-0.39, 0.29) is 5.91 Å².